The zero-order valence-corrected chi connectivity index (χ0v) is 15.6. The van der Waals surface area contributed by atoms with E-state index in [0.29, 0.717) is 18.0 Å². The molecule has 0 saturated carbocycles. The molecule has 1 aromatic heterocycles. The van der Waals surface area contributed by atoms with Crippen LogP contribution in [-0.2, 0) is 9.53 Å². The second-order valence-electron chi connectivity index (χ2n) is 5.94. The van der Waals surface area contributed by atoms with E-state index in [1.165, 1.54) is 19.1 Å². The van der Waals surface area contributed by atoms with Crippen LogP contribution in [0.2, 0.25) is 0 Å². The lowest BCUT2D eigenvalue weighted by atomic mass is 10.2. The molecule has 7 heteroatoms. The maximum Gasteiger partial charge on any atom is 0.338 e. The lowest BCUT2D eigenvalue weighted by Crippen LogP contribution is -2.34. The van der Waals surface area contributed by atoms with Crippen LogP contribution in [0.3, 0.4) is 0 Å². The third-order valence-electron chi connectivity index (χ3n) is 4.36. The number of hydrogen-bond donors (Lipinski definition) is 0. The Kier molecular flexibility index (Phi) is 5.78. The molecule has 2 heterocycles. The van der Waals surface area contributed by atoms with Crippen molar-refractivity contribution in [2.45, 2.75) is 18.9 Å². The Morgan fingerprint density at radius 2 is 1.92 bits per heavy atom. The number of carbonyl (C=O) groups is 2. The van der Waals surface area contributed by atoms with Crippen LogP contribution in [0.15, 0.2) is 35.7 Å². The molecule has 0 aliphatic carbocycles. The van der Waals surface area contributed by atoms with Crippen molar-refractivity contribution in [3.63, 3.8) is 0 Å². The minimum atomic E-state index is -0.581. The maximum atomic E-state index is 12.5. The molecule has 1 aliphatic rings. The topological polar surface area (TPSA) is 65.1 Å². The first kappa shape index (κ1) is 18.3. The first-order valence-corrected chi connectivity index (χ1v) is 9.23. The number of ether oxygens (including phenoxy) is 3. The number of thiophene rings is 1. The van der Waals surface area contributed by atoms with E-state index in [0.717, 1.165) is 12.8 Å². The van der Waals surface area contributed by atoms with Gasteiger partial charge in [-0.05, 0) is 36.4 Å². The molecular formula is C19H21NO5S. The Bertz CT molecular complexity index is 752. The van der Waals surface area contributed by atoms with Crippen molar-refractivity contribution in [3.05, 3.63) is 46.2 Å². The number of carbonyl (C=O) groups excluding carboxylic acids is 2. The van der Waals surface area contributed by atoms with Gasteiger partial charge in [-0.15, -0.1) is 11.3 Å². The number of hydrogen-bond acceptors (Lipinski definition) is 6. The summed E-state index contributed by atoms with van der Waals surface area (Å²) in [5.74, 6) is 0.214. The number of likely N-dealkylation sites (tertiary alicyclic amines) is 1. The van der Waals surface area contributed by atoms with Gasteiger partial charge < -0.3 is 19.1 Å². The zero-order valence-electron chi connectivity index (χ0n) is 14.8. The summed E-state index contributed by atoms with van der Waals surface area (Å²) in [5, 5.41) is 2.01. The van der Waals surface area contributed by atoms with Crippen molar-refractivity contribution in [2.24, 2.45) is 0 Å². The lowest BCUT2D eigenvalue weighted by Gasteiger charge is -2.23. The Balaban J connectivity index is 1.63. The minimum absolute atomic E-state index is 0.0816. The van der Waals surface area contributed by atoms with E-state index in [1.807, 2.05) is 17.5 Å². The van der Waals surface area contributed by atoms with Gasteiger partial charge in [0, 0.05) is 17.5 Å². The van der Waals surface area contributed by atoms with Crippen molar-refractivity contribution in [1.29, 1.82) is 0 Å². The number of rotatable bonds is 6. The molecule has 0 radical (unpaired) electrons. The fourth-order valence-corrected chi connectivity index (χ4v) is 3.93. The molecule has 1 unspecified atom stereocenters. The lowest BCUT2D eigenvalue weighted by molar-refractivity contribution is -0.135. The molecule has 138 valence electrons. The average molecular weight is 375 g/mol. The molecule has 0 bridgehead atoms. The molecule has 26 heavy (non-hydrogen) atoms. The van der Waals surface area contributed by atoms with Crippen LogP contribution in [0, 0.1) is 0 Å². The molecule has 0 spiro atoms. The van der Waals surface area contributed by atoms with Gasteiger partial charge in [-0.3, -0.25) is 4.79 Å². The van der Waals surface area contributed by atoms with Gasteiger partial charge in [-0.25, -0.2) is 4.79 Å². The third kappa shape index (κ3) is 3.99. The SMILES string of the molecule is COc1cc(OC)cc(C(=O)OCC(=O)N2CCCC2c2cccs2)c1. The molecule has 1 aliphatic heterocycles. The van der Waals surface area contributed by atoms with Gasteiger partial charge in [-0.1, -0.05) is 6.07 Å². The molecule has 6 nitrogen and oxygen atoms in total. The predicted molar refractivity (Wildman–Crippen MR) is 97.8 cm³/mol. The van der Waals surface area contributed by atoms with Crippen molar-refractivity contribution in [1.82, 2.24) is 4.90 Å². The molecule has 1 fully saturated rings. The standard InChI is InChI=1S/C19H21NO5S/c1-23-14-9-13(10-15(11-14)24-2)19(22)25-12-18(21)20-7-3-5-16(20)17-6-4-8-26-17/h4,6,8-11,16H,3,5,7,12H2,1-2H3. The minimum Gasteiger partial charge on any atom is -0.497 e. The Morgan fingerprint density at radius 1 is 1.19 bits per heavy atom. The van der Waals surface area contributed by atoms with Gasteiger partial charge in [0.25, 0.3) is 5.91 Å². The van der Waals surface area contributed by atoms with Gasteiger partial charge >= 0.3 is 5.97 Å². The quantitative estimate of drug-likeness (QED) is 0.725. The number of methoxy groups -OCH3 is 2. The van der Waals surface area contributed by atoms with E-state index in [-0.39, 0.29) is 24.1 Å². The van der Waals surface area contributed by atoms with Gasteiger partial charge in [0.1, 0.15) is 11.5 Å². The van der Waals surface area contributed by atoms with Gasteiger partial charge in [-0.2, -0.15) is 0 Å². The van der Waals surface area contributed by atoms with Gasteiger partial charge in [0.15, 0.2) is 6.61 Å². The van der Waals surface area contributed by atoms with E-state index in [4.69, 9.17) is 14.2 Å². The Hall–Kier alpha value is -2.54. The highest BCUT2D eigenvalue weighted by atomic mass is 32.1. The summed E-state index contributed by atoms with van der Waals surface area (Å²) in [7, 11) is 3.01. The summed E-state index contributed by atoms with van der Waals surface area (Å²) in [4.78, 5) is 27.8. The fourth-order valence-electron chi connectivity index (χ4n) is 3.06. The molecule has 3 rings (SSSR count). The van der Waals surface area contributed by atoms with Crippen molar-refractivity contribution >= 4 is 23.2 Å². The third-order valence-corrected chi connectivity index (χ3v) is 5.33. The summed E-state index contributed by atoms with van der Waals surface area (Å²) < 4.78 is 15.5. The van der Waals surface area contributed by atoms with E-state index < -0.39 is 5.97 Å². The van der Waals surface area contributed by atoms with Crippen LogP contribution >= 0.6 is 11.3 Å². The van der Waals surface area contributed by atoms with E-state index in [1.54, 1.807) is 34.4 Å². The highest BCUT2D eigenvalue weighted by Gasteiger charge is 2.31. The largest absolute Gasteiger partial charge is 0.497 e. The van der Waals surface area contributed by atoms with E-state index in [9.17, 15) is 9.59 Å². The summed E-state index contributed by atoms with van der Waals surface area (Å²) in [6.07, 6.45) is 1.89. The molecule has 1 atom stereocenters. The summed E-state index contributed by atoms with van der Waals surface area (Å²) in [5.41, 5.74) is 0.283. The van der Waals surface area contributed by atoms with Crippen molar-refractivity contribution < 1.29 is 23.8 Å². The van der Waals surface area contributed by atoms with E-state index in [2.05, 4.69) is 0 Å². The van der Waals surface area contributed by atoms with Crippen LogP contribution in [0.5, 0.6) is 11.5 Å². The highest BCUT2D eigenvalue weighted by Crippen LogP contribution is 2.34. The number of esters is 1. The van der Waals surface area contributed by atoms with Crippen molar-refractivity contribution in [2.75, 3.05) is 27.4 Å². The highest BCUT2D eigenvalue weighted by molar-refractivity contribution is 7.10. The zero-order chi connectivity index (χ0) is 18.5. The Labute approximate surface area is 156 Å². The maximum absolute atomic E-state index is 12.5. The molecule has 0 N–H and O–H groups in total. The molecular weight excluding hydrogens is 354 g/mol. The van der Waals surface area contributed by atoms with Gasteiger partial charge in [0.2, 0.25) is 0 Å². The monoisotopic (exact) mass is 375 g/mol. The molecule has 1 amide bonds. The number of nitrogens with zero attached hydrogens (tertiary/aromatic N) is 1. The summed E-state index contributed by atoms with van der Waals surface area (Å²) in [6.45, 7) is 0.409. The normalized spacial score (nSPS) is 16.4. The second kappa shape index (κ2) is 8.23. The molecule has 2 aromatic rings. The van der Waals surface area contributed by atoms with Gasteiger partial charge in [0.05, 0.1) is 25.8 Å². The first-order valence-electron chi connectivity index (χ1n) is 8.35. The molecule has 1 aromatic carbocycles. The fraction of sp³-hybridized carbons (Fsp3) is 0.368. The van der Waals surface area contributed by atoms with Crippen LogP contribution in [0.1, 0.15) is 34.1 Å². The summed E-state index contributed by atoms with van der Waals surface area (Å²) in [6, 6.07) is 8.88. The summed E-state index contributed by atoms with van der Waals surface area (Å²) >= 11 is 1.64. The number of amides is 1. The van der Waals surface area contributed by atoms with E-state index >= 15 is 0 Å². The first-order chi connectivity index (χ1) is 12.6. The predicted octanol–water partition coefficient (Wildman–Crippen LogP) is 3.29. The van der Waals surface area contributed by atoms with Crippen LogP contribution in [-0.4, -0.2) is 44.1 Å². The van der Waals surface area contributed by atoms with Crippen LogP contribution in [0.25, 0.3) is 0 Å². The van der Waals surface area contributed by atoms with Crippen molar-refractivity contribution in [3.8, 4) is 11.5 Å². The van der Waals surface area contributed by atoms with Crippen LogP contribution < -0.4 is 9.47 Å². The molecule has 1 saturated heterocycles. The Morgan fingerprint density at radius 3 is 2.54 bits per heavy atom. The smallest absolute Gasteiger partial charge is 0.338 e. The number of benzene rings is 1. The second-order valence-corrected chi connectivity index (χ2v) is 6.92. The van der Waals surface area contributed by atoms with Crippen LogP contribution in [0.4, 0.5) is 0 Å². The average Bonchev–Trinajstić information content (AvgIpc) is 3.36.